The number of nitrogens with one attached hydrogen (secondary N) is 1. The molecule has 1 heteroatoms. The second-order valence-corrected chi connectivity index (χ2v) is 8.91. The van der Waals surface area contributed by atoms with E-state index in [1.807, 2.05) is 7.05 Å². The molecule has 0 fully saturated rings. The molecule has 132 valence electrons. The second-order valence-electron chi connectivity index (χ2n) is 8.91. The Bertz CT molecular complexity index is 288. The molecule has 0 radical (unpaired) electrons. The van der Waals surface area contributed by atoms with Crippen molar-refractivity contribution >= 4 is 0 Å². The molecule has 0 atom stereocenters. The first kappa shape index (κ1) is 21.7. The van der Waals surface area contributed by atoms with E-state index >= 15 is 0 Å². The first-order valence-corrected chi connectivity index (χ1v) is 9.47. The lowest BCUT2D eigenvalue weighted by Crippen LogP contribution is -2.16. The van der Waals surface area contributed by atoms with Crippen LogP contribution >= 0.6 is 0 Å². The van der Waals surface area contributed by atoms with Crippen molar-refractivity contribution in [2.75, 3.05) is 13.6 Å². The van der Waals surface area contributed by atoms with Crippen LogP contribution < -0.4 is 5.32 Å². The van der Waals surface area contributed by atoms with Crippen molar-refractivity contribution in [2.45, 2.75) is 98.8 Å². The average molecular weight is 310 g/mol. The van der Waals surface area contributed by atoms with Crippen LogP contribution in [0.5, 0.6) is 0 Å². The molecule has 22 heavy (non-hydrogen) atoms. The van der Waals surface area contributed by atoms with Crippen LogP contribution in [-0.2, 0) is 0 Å². The van der Waals surface area contributed by atoms with Crippen molar-refractivity contribution < 1.29 is 0 Å². The zero-order valence-corrected chi connectivity index (χ0v) is 16.5. The Morgan fingerprint density at radius 3 is 1.77 bits per heavy atom. The van der Waals surface area contributed by atoms with Gasteiger partial charge in [0.05, 0.1) is 0 Å². The molecule has 0 aromatic heterocycles. The SMILES string of the molecule is C=C(C)CCCC(C)(C)CCCC(C)(C)CCCCCNC. The highest BCUT2D eigenvalue weighted by atomic mass is 14.8. The van der Waals surface area contributed by atoms with E-state index in [2.05, 4.69) is 46.5 Å². The predicted octanol–water partition coefficient (Wildman–Crippen LogP) is 6.74. The fourth-order valence-corrected chi connectivity index (χ4v) is 3.25. The fourth-order valence-electron chi connectivity index (χ4n) is 3.25. The van der Waals surface area contributed by atoms with Crippen molar-refractivity contribution in [1.29, 1.82) is 0 Å². The van der Waals surface area contributed by atoms with Crippen LogP contribution in [0.4, 0.5) is 0 Å². The van der Waals surface area contributed by atoms with Gasteiger partial charge in [-0.2, -0.15) is 0 Å². The summed E-state index contributed by atoms with van der Waals surface area (Å²) in [5.41, 5.74) is 2.35. The largest absolute Gasteiger partial charge is 0.320 e. The molecule has 0 aromatic rings. The van der Waals surface area contributed by atoms with Crippen LogP contribution in [0, 0.1) is 10.8 Å². The van der Waals surface area contributed by atoms with Crippen molar-refractivity contribution in [3.05, 3.63) is 12.2 Å². The van der Waals surface area contributed by atoms with Crippen molar-refractivity contribution in [3.8, 4) is 0 Å². The molecule has 0 aliphatic carbocycles. The van der Waals surface area contributed by atoms with Gasteiger partial charge in [-0.15, -0.1) is 6.58 Å². The quantitative estimate of drug-likeness (QED) is 0.277. The highest BCUT2D eigenvalue weighted by molar-refractivity contribution is 4.88. The Morgan fingerprint density at radius 2 is 1.27 bits per heavy atom. The first-order valence-electron chi connectivity index (χ1n) is 9.47. The maximum Gasteiger partial charge on any atom is -0.00519 e. The zero-order valence-electron chi connectivity index (χ0n) is 16.5. The molecule has 0 saturated carbocycles. The summed E-state index contributed by atoms with van der Waals surface area (Å²) in [7, 11) is 2.04. The highest BCUT2D eigenvalue weighted by Gasteiger charge is 2.21. The van der Waals surface area contributed by atoms with Crippen LogP contribution in [0.15, 0.2) is 12.2 Å². The molecule has 0 saturated heterocycles. The molecule has 0 rings (SSSR count). The number of unbranched alkanes of at least 4 members (excludes halogenated alkanes) is 2. The Hall–Kier alpha value is -0.300. The van der Waals surface area contributed by atoms with Crippen LogP contribution in [0.1, 0.15) is 98.8 Å². The third-order valence-electron chi connectivity index (χ3n) is 4.94. The van der Waals surface area contributed by atoms with E-state index in [-0.39, 0.29) is 0 Å². The monoisotopic (exact) mass is 309 g/mol. The van der Waals surface area contributed by atoms with Gasteiger partial charge in [-0.05, 0) is 76.3 Å². The highest BCUT2D eigenvalue weighted by Crippen LogP contribution is 2.35. The van der Waals surface area contributed by atoms with Crippen LogP contribution in [0.3, 0.4) is 0 Å². The van der Waals surface area contributed by atoms with E-state index < -0.39 is 0 Å². The lowest BCUT2D eigenvalue weighted by molar-refractivity contribution is 0.237. The van der Waals surface area contributed by atoms with Gasteiger partial charge in [0.25, 0.3) is 0 Å². The van der Waals surface area contributed by atoms with Crippen molar-refractivity contribution in [2.24, 2.45) is 10.8 Å². The van der Waals surface area contributed by atoms with E-state index in [0.717, 1.165) is 0 Å². The second kappa shape index (κ2) is 11.3. The standard InChI is InChI=1S/C21H43N/c1-19(2)13-11-15-21(5,6)17-12-16-20(3,4)14-9-8-10-18-22-7/h22H,1,8-18H2,2-7H3. The molecule has 0 spiro atoms. The Labute approximate surface area is 141 Å². The maximum atomic E-state index is 4.01. The maximum absolute atomic E-state index is 4.01. The van der Waals surface area contributed by atoms with Gasteiger partial charge in [-0.3, -0.25) is 0 Å². The Balaban J connectivity index is 3.82. The van der Waals surface area contributed by atoms with Gasteiger partial charge in [0, 0.05) is 0 Å². The third kappa shape index (κ3) is 13.4. The van der Waals surface area contributed by atoms with Crippen LogP contribution in [0.25, 0.3) is 0 Å². The predicted molar refractivity (Wildman–Crippen MR) is 102 cm³/mol. The number of allylic oxidation sites excluding steroid dienone is 1. The average Bonchev–Trinajstić information content (AvgIpc) is 2.37. The van der Waals surface area contributed by atoms with E-state index in [9.17, 15) is 0 Å². The molecule has 0 unspecified atom stereocenters. The minimum absolute atomic E-state index is 0.498. The summed E-state index contributed by atoms with van der Waals surface area (Å²) in [6.07, 6.45) is 13.4. The van der Waals surface area contributed by atoms with Crippen LogP contribution in [-0.4, -0.2) is 13.6 Å². The van der Waals surface area contributed by atoms with Gasteiger partial charge < -0.3 is 5.32 Å². The minimum Gasteiger partial charge on any atom is -0.320 e. The van der Waals surface area contributed by atoms with Crippen molar-refractivity contribution in [1.82, 2.24) is 5.32 Å². The van der Waals surface area contributed by atoms with Gasteiger partial charge in [0.2, 0.25) is 0 Å². The molecular formula is C21H43N. The van der Waals surface area contributed by atoms with E-state index in [4.69, 9.17) is 0 Å². The number of hydrogen-bond acceptors (Lipinski definition) is 1. The van der Waals surface area contributed by atoms with E-state index in [1.165, 1.54) is 76.3 Å². The zero-order chi connectivity index (χ0) is 17.1. The van der Waals surface area contributed by atoms with Gasteiger partial charge in [-0.1, -0.05) is 52.5 Å². The molecule has 1 nitrogen and oxygen atoms in total. The van der Waals surface area contributed by atoms with E-state index in [1.54, 1.807) is 0 Å². The smallest absolute Gasteiger partial charge is 0.00519 e. The molecular weight excluding hydrogens is 266 g/mol. The van der Waals surface area contributed by atoms with Gasteiger partial charge >= 0.3 is 0 Å². The minimum atomic E-state index is 0.498. The van der Waals surface area contributed by atoms with Crippen molar-refractivity contribution in [3.63, 3.8) is 0 Å². The third-order valence-corrected chi connectivity index (χ3v) is 4.94. The van der Waals surface area contributed by atoms with Crippen LogP contribution in [0.2, 0.25) is 0 Å². The number of hydrogen-bond donors (Lipinski definition) is 1. The lowest BCUT2D eigenvalue weighted by Gasteiger charge is -2.29. The Kier molecular flexibility index (Phi) is 11.1. The van der Waals surface area contributed by atoms with Gasteiger partial charge in [-0.25, -0.2) is 0 Å². The summed E-state index contributed by atoms with van der Waals surface area (Å²) in [6.45, 7) is 17.1. The molecule has 0 heterocycles. The molecule has 0 bridgehead atoms. The lowest BCUT2D eigenvalue weighted by atomic mass is 9.77. The summed E-state index contributed by atoms with van der Waals surface area (Å²) in [5.74, 6) is 0. The Morgan fingerprint density at radius 1 is 0.773 bits per heavy atom. The summed E-state index contributed by atoms with van der Waals surface area (Å²) < 4.78 is 0. The summed E-state index contributed by atoms with van der Waals surface area (Å²) in [5, 5.41) is 3.23. The molecule has 0 amide bonds. The fraction of sp³-hybridized carbons (Fsp3) is 0.905. The summed E-state index contributed by atoms with van der Waals surface area (Å²) in [4.78, 5) is 0. The molecule has 1 N–H and O–H groups in total. The summed E-state index contributed by atoms with van der Waals surface area (Å²) in [6, 6.07) is 0. The summed E-state index contributed by atoms with van der Waals surface area (Å²) >= 11 is 0. The molecule has 0 aliphatic rings. The normalized spacial score (nSPS) is 12.6. The van der Waals surface area contributed by atoms with E-state index in [0.29, 0.717) is 10.8 Å². The molecule has 0 aromatic carbocycles. The van der Waals surface area contributed by atoms with Gasteiger partial charge in [0.1, 0.15) is 0 Å². The van der Waals surface area contributed by atoms with Gasteiger partial charge in [0.15, 0.2) is 0 Å². The number of rotatable bonds is 14. The first-order chi connectivity index (χ1) is 10.2. The molecule has 0 aliphatic heterocycles. The topological polar surface area (TPSA) is 12.0 Å².